The van der Waals surface area contributed by atoms with Gasteiger partial charge in [-0.15, -0.1) is 0 Å². The van der Waals surface area contributed by atoms with Gasteiger partial charge in [-0.2, -0.15) is 0 Å². The topological polar surface area (TPSA) is 58.5 Å². The number of rotatable bonds is 11. The highest BCUT2D eigenvalue weighted by Crippen LogP contribution is 2.11. The molecule has 1 N–H and O–H groups in total. The third-order valence-corrected chi connectivity index (χ3v) is 5.88. The van der Waals surface area contributed by atoms with Crippen molar-refractivity contribution in [2.75, 3.05) is 13.1 Å². The second-order valence-corrected chi connectivity index (χ2v) is 8.48. The fourth-order valence-corrected chi connectivity index (χ4v) is 3.83. The van der Waals surface area contributed by atoms with Gasteiger partial charge in [0.2, 0.25) is 10.0 Å². The average Bonchev–Trinajstić information content (AvgIpc) is 2.67. The smallest absolute Gasteiger partial charge is 0.240 e. The van der Waals surface area contributed by atoms with Crippen molar-refractivity contribution in [2.45, 2.75) is 50.8 Å². The van der Waals surface area contributed by atoms with E-state index in [4.69, 9.17) is 4.99 Å². The van der Waals surface area contributed by atoms with Crippen LogP contribution in [0, 0.1) is 6.92 Å². The maximum Gasteiger partial charge on any atom is 0.240 e. The van der Waals surface area contributed by atoms with Gasteiger partial charge in [0.05, 0.1) is 4.90 Å². The van der Waals surface area contributed by atoms with E-state index in [2.05, 4.69) is 11.6 Å². The summed E-state index contributed by atoms with van der Waals surface area (Å²) in [4.78, 5) is 5.05. The van der Waals surface area contributed by atoms with Crippen molar-refractivity contribution in [3.63, 3.8) is 0 Å². The molecule has 0 unspecified atom stereocenters. The fourth-order valence-electron chi connectivity index (χ4n) is 2.80. The van der Waals surface area contributed by atoms with Crippen molar-refractivity contribution >= 4 is 15.7 Å². The highest BCUT2D eigenvalue weighted by molar-refractivity contribution is 7.89. The molecular formula is C22H30N2O2S. The minimum atomic E-state index is -3.49. The monoisotopic (exact) mass is 386 g/mol. The van der Waals surface area contributed by atoms with E-state index in [0.29, 0.717) is 17.9 Å². The molecule has 0 aliphatic carbocycles. The Balaban J connectivity index is 1.98. The third kappa shape index (κ3) is 7.27. The zero-order chi connectivity index (χ0) is 19.5. The third-order valence-electron chi connectivity index (χ3n) is 4.41. The summed E-state index contributed by atoms with van der Waals surface area (Å²) in [6, 6.07) is 16.9. The lowest BCUT2D eigenvalue weighted by molar-refractivity contribution is 0.582. The van der Waals surface area contributed by atoms with E-state index in [9.17, 15) is 8.42 Å². The summed E-state index contributed by atoms with van der Waals surface area (Å²) in [6.07, 6.45) is 5.26. The Bertz CT molecular complexity index is 813. The molecule has 0 saturated carbocycles. The fraction of sp³-hybridized carbons (Fsp3) is 0.409. The summed E-state index contributed by atoms with van der Waals surface area (Å²) in [7, 11) is -3.49. The van der Waals surface area contributed by atoms with Gasteiger partial charge in [-0.25, -0.2) is 13.1 Å². The highest BCUT2D eigenvalue weighted by Gasteiger charge is 2.13. The molecule has 2 aromatic rings. The molecule has 146 valence electrons. The normalized spacial score (nSPS) is 12.3. The van der Waals surface area contributed by atoms with Crippen molar-refractivity contribution in [1.29, 1.82) is 0 Å². The van der Waals surface area contributed by atoms with Gasteiger partial charge in [0.15, 0.2) is 0 Å². The predicted octanol–water partition coefficient (Wildman–Crippen LogP) is 4.73. The molecule has 2 aromatic carbocycles. The molecule has 0 radical (unpaired) electrons. The Hall–Kier alpha value is -1.98. The van der Waals surface area contributed by atoms with Crippen LogP contribution in [0.4, 0.5) is 0 Å². The van der Waals surface area contributed by atoms with Crippen LogP contribution in [0.25, 0.3) is 0 Å². The van der Waals surface area contributed by atoms with E-state index in [1.54, 1.807) is 12.1 Å². The summed E-state index contributed by atoms with van der Waals surface area (Å²) in [5.41, 5.74) is 3.05. The van der Waals surface area contributed by atoms with Crippen LogP contribution in [-0.4, -0.2) is 27.2 Å². The van der Waals surface area contributed by atoms with Crippen molar-refractivity contribution in [3.05, 3.63) is 65.7 Å². The van der Waals surface area contributed by atoms with Crippen LogP contribution in [-0.2, 0) is 10.0 Å². The zero-order valence-corrected chi connectivity index (χ0v) is 17.1. The van der Waals surface area contributed by atoms with Crippen LogP contribution in [0.3, 0.4) is 0 Å². The maximum atomic E-state index is 12.4. The van der Waals surface area contributed by atoms with Gasteiger partial charge >= 0.3 is 0 Å². The predicted molar refractivity (Wildman–Crippen MR) is 113 cm³/mol. The number of hydrogen-bond donors (Lipinski definition) is 1. The van der Waals surface area contributed by atoms with Crippen molar-refractivity contribution < 1.29 is 8.42 Å². The molecular weight excluding hydrogens is 356 g/mol. The lowest BCUT2D eigenvalue weighted by Gasteiger charge is -2.10. The van der Waals surface area contributed by atoms with E-state index in [0.717, 1.165) is 29.8 Å². The Kier molecular flexibility index (Phi) is 8.69. The van der Waals surface area contributed by atoms with Gasteiger partial charge in [-0.1, -0.05) is 74.2 Å². The first kappa shape index (κ1) is 21.3. The van der Waals surface area contributed by atoms with E-state index < -0.39 is 10.0 Å². The SMILES string of the molecule is CCCCCCN=C(CCNS(=O)(=O)c1ccc(C)cc1)c1ccccc1. The van der Waals surface area contributed by atoms with Crippen LogP contribution in [0.1, 0.15) is 50.2 Å². The first-order chi connectivity index (χ1) is 13.0. The number of hydrogen-bond acceptors (Lipinski definition) is 3. The van der Waals surface area contributed by atoms with Crippen LogP contribution < -0.4 is 4.72 Å². The molecule has 5 heteroatoms. The van der Waals surface area contributed by atoms with E-state index in [1.807, 2.05) is 49.4 Å². The summed E-state index contributed by atoms with van der Waals surface area (Å²) in [5, 5.41) is 0. The summed E-state index contributed by atoms with van der Waals surface area (Å²) in [6.45, 7) is 5.25. The molecule has 0 aromatic heterocycles. The van der Waals surface area contributed by atoms with Crippen molar-refractivity contribution in [3.8, 4) is 0 Å². The van der Waals surface area contributed by atoms with Crippen LogP contribution in [0.5, 0.6) is 0 Å². The molecule has 0 spiro atoms. The first-order valence-corrected chi connectivity index (χ1v) is 11.2. The van der Waals surface area contributed by atoms with Crippen LogP contribution >= 0.6 is 0 Å². The molecule has 27 heavy (non-hydrogen) atoms. The molecule has 0 bridgehead atoms. The number of nitrogens with zero attached hydrogens (tertiary/aromatic N) is 1. The number of nitrogens with one attached hydrogen (secondary N) is 1. The average molecular weight is 387 g/mol. The molecule has 0 heterocycles. The summed E-state index contributed by atoms with van der Waals surface area (Å²) < 4.78 is 27.6. The summed E-state index contributed by atoms with van der Waals surface area (Å²) in [5.74, 6) is 0. The zero-order valence-electron chi connectivity index (χ0n) is 16.3. The number of aryl methyl sites for hydroxylation is 1. The second kappa shape index (κ2) is 11.0. The van der Waals surface area contributed by atoms with Gasteiger partial charge in [0.25, 0.3) is 0 Å². The van der Waals surface area contributed by atoms with Gasteiger partial charge in [-0.05, 0) is 31.0 Å². The molecule has 0 saturated heterocycles. The van der Waals surface area contributed by atoms with Gasteiger partial charge in [-0.3, -0.25) is 4.99 Å². The highest BCUT2D eigenvalue weighted by atomic mass is 32.2. The second-order valence-electron chi connectivity index (χ2n) is 6.72. The number of sulfonamides is 1. The Morgan fingerprint density at radius 1 is 0.963 bits per heavy atom. The Morgan fingerprint density at radius 2 is 1.67 bits per heavy atom. The molecule has 0 aliphatic rings. The summed E-state index contributed by atoms with van der Waals surface area (Å²) >= 11 is 0. The minimum Gasteiger partial charge on any atom is -0.289 e. The minimum absolute atomic E-state index is 0.297. The molecule has 0 amide bonds. The van der Waals surface area contributed by atoms with Crippen LogP contribution in [0.15, 0.2) is 64.5 Å². The van der Waals surface area contributed by atoms with E-state index in [-0.39, 0.29) is 0 Å². The molecule has 0 fully saturated rings. The number of benzene rings is 2. The lowest BCUT2D eigenvalue weighted by atomic mass is 10.1. The molecule has 4 nitrogen and oxygen atoms in total. The lowest BCUT2D eigenvalue weighted by Crippen LogP contribution is -2.26. The maximum absolute atomic E-state index is 12.4. The van der Waals surface area contributed by atoms with Gasteiger partial charge in [0.1, 0.15) is 0 Å². The molecule has 2 rings (SSSR count). The number of unbranched alkanes of at least 4 members (excludes halogenated alkanes) is 3. The van der Waals surface area contributed by atoms with Crippen molar-refractivity contribution in [2.24, 2.45) is 4.99 Å². The first-order valence-electron chi connectivity index (χ1n) is 9.68. The largest absolute Gasteiger partial charge is 0.289 e. The Morgan fingerprint density at radius 3 is 2.33 bits per heavy atom. The van der Waals surface area contributed by atoms with Gasteiger partial charge in [0, 0.05) is 25.2 Å². The number of aliphatic imine (C=N–C) groups is 1. The molecule has 0 atom stereocenters. The Labute approximate surface area is 163 Å². The van der Waals surface area contributed by atoms with E-state index >= 15 is 0 Å². The quantitative estimate of drug-likeness (QED) is 0.448. The van der Waals surface area contributed by atoms with E-state index in [1.165, 1.54) is 19.3 Å². The standard InChI is InChI=1S/C22H30N2O2S/c1-3-4-5-9-17-23-22(20-10-7-6-8-11-20)16-18-24-27(25,26)21-14-12-19(2)13-15-21/h6-8,10-15,24H,3-5,9,16-18H2,1-2H3. The molecule has 0 aliphatic heterocycles. The van der Waals surface area contributed by atoms with Gasteiger partial charge < -0.3 is 0 Å². The van der Waals surface area contributed by atoms with Crippen LogP contribution in [0.2, 0.25) is 0 Å². The van der Waals surface area contributed by atoms with Crippen molar-refractivity contribution in [1.82, 2.24) is 4.72 Å².